The Hall–Kier alpha value is -3.85. The topological polar surface area (TPSA) is 130 Å². The lowest BCUT2D eigenvalue weighted by atomic mass is 9.98. The summed E-state index contributed by atoms with van der Waals surface area (Å²) in [4.78, 5) is 20.1. The average Bonchev–Trinajstić information content (AvgIpc) is 3.52. The van der Waals surface area contributed by atoms with Crippen LogP contribution in [0.4, 0.5) is 0 Å². The zero-order valence-electron chi connectivity index (χ0n) is 18.6. The van der Waals surface area contributed by atoms with Crippen molar-refractivity contribution in [3.63, 3.8) is 0 Å². The summed E-state index contributed by atoms with van der Waals surface area (Å²) in [6.07, 6.45) is 1.84. The van der Waals surface area contributed by atoms with Crippen LogP contribution >= 0.6 is 0 Å². The van der Waals surface area contributed by atoms with E-state index < -0.39 is 12.1 Å². The number of aromatic amines is 2. The number of carbonyl (C=O) groups is 1. The molecule has 4 rings (SSSR count). The van der Waals surface area contributed by atoms with Gasteiger partial charge in [0.15, 0.2) is 5.69 Å². The zero-order valence-corrected chi connectivity index (χ0v) is 18.6. The summed E-state index contributed by atoms with van der Waals surface area (Å²) >= 11 is 0. The van der Waals surface area contributed by atoms with Gasteiger partial charge < -0.3 is 14.8 Å². The van der Waals surface area contributed by atoms with Crippen LogP contribution in [0, 0.1) is 0 Å². The van der Waals surface area contributed by atoms with Crippen molar-refractivity contribution in [2.45, 2.75) is 45.8 Å². The molecule has 0 saturated carbocycles. The summed E-state index contributed by atoms with van der Waals surface area (Å²) in [6, 6.07) is 15.5. The van der Waals surface area contributed by atoms with E-state index in [1.807, 2.05) is 48.5 Å². The molecule has 0 spiro atoms. The quantitative estimate of drug-likeness (QED) is 0.331. The summed E-state index contributed by atoms with van der Waals surface area (Å²) in [5.74, 6) is 0.649. The lowest BCUT2D eigenvalue weighted by molar-refractivity contribution is 0.0459. The lowest BCUT2D eigenvalue weighted by Crippen LogP contribution is -2.10. The van der Waals surface area contributed by atoms with Gasteiger partial charge in [0.2, 0.25) is 5.82 Å². The Morgan fingerprint density at radius 1 is 1.12 bits per heavy atom. The molecule has 0 aliphatic heterocycles. The van der Waals surface area contributed by atoms with Gasteiger partial charge in [-0.2, -0.15) is 5.21 Å². The van der Waals surface area contributed by atoms with E-state index in [0.717, 1.165) is 41.5 Å². The standard InChI is InChI=1S/C24H26N6O3/c1-3-4-9-20-25-21(15(2)31)22(26-20)24(32)33-14-16-10-12-17(13-11-16)18-7-5-6-8-19(18)23-27-29-30-28-23/h5-8,10-13,15,31H,3-4,9,14H2,1-2H3,(H,25,26)(H,27,28,29,30). The Labute approximate surface area is 191 Å². The molecule has 0 aliphatic rings. The van der Waals surface area contributed by atoms with Crippen LogP contribution < -0.4 is 0 Å². The van der Waals surface area contributed by atoms with Gasteiger partial charge >= 0.3 is 5.97 Å². The Kier molecular flexibility index (Phi) is 6.89. The first-order chi connectivity index (χ1) is 16.1. The van der Waals surface area contributed by atoms with Crippen LogP contribution in [0.15, 0.2) is 48.5 Å². The van der Waals surface area contributed by atoms with E-state index in [1.165, 1.54) is 0 Å². The molecule has 0 saturated heterocycles. The van der Waals surface area contributed by atoms with Crippen molar-refractivity contribution in [2.24, 2.45) is 0 Å². The number of nitrogens with one attached hydrogen (secondary N) is 2. The largest absolute Gasteiger partial charge is 0.456 e. The highest BCUT2D eigenvalue weighted by atomic mass is 16.5. The van der Waals surface area contributed by atoms with Crippen LogP contribution in [-0.4, -0.2) is 41.7 Å². The number of aromatic nitrogens is 6. The van der Waals surface area contributed by atoms with Crippen molar-refractivity contribution >= 4 is 5.97 Å². The van der Waals surface area contributed by atoms with Gasteiger partial charge in [0.1, 0.15) is 12.4 Å². The second-order valence-electron chi connectivity index (χ2n) is 7.78. The number of benzene rings is 2. The van der Waals surface area contributed by atoms with E-state index in [1.54, 1.807) is 6.92 Å². The number of H-pyrrole nitrogens is 2. The molecular weight excluding hydrogens is 420 g/mol. The average molecular weight is 447 g/mol. The highest BCUT2D eigenvalue weighted by Crippen LogP contribution is 2.29. The molecule has 1 atom stereocenters. The minimum atomic E-state index is -0.839. The number of ether oxygens (including phenoxy) is 1. The zero-order chi connectivity index (χ0) is 23.2. The van der Waals surface area contributed by atoms with Gasteiger partial charge in [-0.1, -0.05) is 61.9 Å². The van der Waals surface area contributed by atoms with Crippen LogP contribution in [0.25, 0.3) is 22.5 Å². The predicted molar refractivity (Wildman–Crippen MR) is 122 cm³/mol. The number of aliphatic hydroxyl groups is 1. The maximum Gasteiger partial charge on any atom is 0.359 e. The van der Waals surface area contributed by atoms with Gasteiger partial charge in [0, 0.05) is 12.0 Å². The molecular formula is C24H26N6O3. The van der Waals surface area contributed by atoms with Crippen LogP contribution in [0.3, 0.4) is 0 Å². The second-order valence-corrected chi connectivity index (χ2v) is 7.78. The van der Waals surface area contributed by atoms with Gasteiger partial charge in [-0.05, 0) is 35.2 Å². The van der Waals surface area contributed by atoms with E-state index >= 15 is 0 Å². The lowest BCUT2D eigenvalue weighted by Gasteiger charge is -2.09. The number of nitrogens with zero attached hydrogens (tertiary/aromatic N) is 4. The second kappa shape index (κ2) is 10.2. The van der Waals surface area contributed by atoms with E-state index in [0.29, 0.717) is 17.3 Å². The first-order valence-electron chi connectivity index (χ1n) is 10.9. The monoisotopic (exact) mass is 446 g/mol. The summed E-state index contributed by atoms with van der Waals surface area (Å²) in [7, 11) is 0. The Morgan fingerprint density at radius 2 is 1.88 bits per heavy atom. The highest BCUT2D eigenvalue weighted by Gasteiger charge is 2.22. The normalized spacial score (nSPS) is 12.0. The molecule has 0 amide bonds. The molecule has 0 bridgehead atoms. The van der Waals surface area contributed by atoms with Gasteiger partial charge in [-0.25, -0.2) is 9.78 Å². The molecule has 0 aliphatic carbocycles. The van der Waals surface area contributed by atoms with Gasteiger partial charge in [0.05, 0.1) is 11.8 Å². The molecule has 9 nitrogen and oxygen atoms in total. The van der Waals surface area contributed by atoms with Crippen molar-refractivity contribution < 1.29 is 14.6 Å². The summed E-state index contributed by atoms with van der Waals surface area (Å²) < 4.78 is 5.49. The van der Waals surface area contributed by atoms with Crippen molar-refractivity contribution in [3.8, 4) is 22.5 Å². The third-order valence-corrected chi connectivity index (χ3v) is 5.31. The molecule has 2 aromatic carbocycles. The minimum absolute atomic E-state index is 0.0992. The van der Waals surface area contributed by atoms with Crippen molar-refractivity contribution in [1.29, 1.82) is 0 Å². The SMILES string of the molecule is CCCCc1nc(C(=O)OCc2ccc(-c3ccccc3-c3nn[nH]n3)cc2)c(C(C)O)[nH]1. The van der Waals surface area contributed by atoms with Gasteiger partial charge in [-0.3, -0.25) is 0 Å². The summed E-state index contributed by atoms with van der Waals surface area (Å²) in [5.41, 5.74) is 4.19. The molecule has 2 heterocycles. The number of imidazole rings is 1. The number of unbranched alkanes of at least 4 members (excludes halogenated alkanes) is 1. The third-order valence-electron chi connectivity index (χ3n) is 5.31. The minimum Gasteiger partial charge on any atom is -0.456 e. The van der Waals surface area contributed by atoms with Crippen molar-refractivity contribution in [1.82, 2.24) is 30.6 Å². The fourth-order valence-electron chi connectivity index (χ4n) is 3.56. The molecule has 4 aromatic rings. The fourth-order valence-corrected chi connectivity index (χ4v) is 3.56. The van der Waals surface area contributed by atoms with E-state index in [2.05, 4.69) is 37.5 Å². The van der Waals surface area contributed by atoms with Crippen molar-refractivity contribution in [2.75, 3.05) is 0 Å². The molecule has 0 fully saturated rings. The maximum atomic E-state index is 12.7. The maximum absolute atomic E-state index is 12.7. The molecule has 9 heteroatoms. The number of hydrogen-bond acceptors (Lipinski definition) is 7. The summed E-state index contributed by atoms with van der Waals surface area (Å²) in [6.45, 7) is 3.78. The number of hydrogen-bond donors (Lipinski definition) is 3. The molecule has 0 radical (unpaired) electrons. The molecule has 1 unspecified atom stereocenters. The number of aliphatic hydroxyl groups excluding tert-OH is 1. The number of carbonyl (C=O) groups excluding carboxylic acids is 1. The fraction of sp³-hybridized carbons (Fsp3) is 0.292. The highest BCUT2D eigenvalue weighted by molar-refractivity contribution is 5.88. The molecule has 33 heavy (non-hydrogen) atoms. The van der Waals surface area contributed by atoms with Crippen molar-refractivity contribution in [3.05, 3.63) is 71.3 Å². The number of aryl methyl sites for hydroxylation is 1. The Balaban J connectivity index is 1.46. The van der Waals surface area contributed by atoms with E-state index in [9.17, 15) is 9.90 Å². The first kappa shape index (κ1) is 22.3. The Bertz CT molecular complexity index is 1200. The van der Waals surface area contributed by atoms with E-state index in [4.69, 9.17) is 4.74 Å². The smallest absolute Gasteiger partial charge is 0.359 e. The van der Waals surface area contributed by atoms with E-state index in [-0.39, 0.29) is 12.3 Å². The number of tetrazole rings is 1. The third kappa shape index (κ3) is 5.15. The number of rotatable bonds is 9. The molecule has 170 valence electrons. The first-order valence-corrected chi connectivity index (χ1v) is 10.9. The molecule has 2 aromatic heterocycles. The van der Waals surface area contributed by atoms with Crippen LogP contribution in [0.5, 0.6) is 0 Å². The Morgan fingerprint density at radius 3 is 2.55 bits per heavy atom. The molecule has 3 N–H and O–H groups in total. The predicted octanol–water partition coefficient (Wildman–Crippen LogP) is 4.01. The van der Waals surface area contributed by atoms with Gasteiger partial charge in [-0.15, -0.1) is 10.2 Å². The van der Waals surface area contributed by atoms with Crippen LogP contribution in [-0.2, 0) is 17.8 Å². The van der Waals surface area contributed by atoms with Crippen LogP contribution in [0.2, 0.25) is 0 Å². The van der Waals surface area contributed by atoms with Gasteiger partial charge in [0.25, 0.3) is 0 Å². The number of esters is 1. The summed E-state index contributed by atoms with van der Waals surface area (Å²) in [5, 5.41) is 24.3. The van der Waals surface area contributed by atoms with Crippen LogP contribution in [0.1, 0.15) is 60.4 Å².